The first-order valence-electron chi connectivity index (χ1n) is 9.38. The van der Waals surface area contributed by atoms with E-state index in [2.05, 4.69) is 92.7 Å². The van der Waals surface area contributed by atoms with Crippen LogP contribution in [0.15, 0.2) is 78.9 Å². The van der Waals surface area contributed by atoms with Gasteiger partial charge in [0.1, 0.15) is 12.4 Å². The monoisotopic (exact) mass is 340 g/mol. The molecule has 0 heterocycles. The highest BCUT2D eigenvalue weighted by Crippen LogP contribution is 2.33. The Labute approximate surface area is 155 Å². The van der Waals surface area contributed by atoms with Gasteiger partial charge >= 0.3 is 0 Å². The van der Waals surface area contributed by atoms with E-state index in [1.54, 1.807) is 0 Å². The van der Waals surface area contributed by atoms with E-state index in [-0.39, 0.29) is 0 Å². The Morgan fingerprint density at radius 3 is 2.15 bits per heavy atom. The van der Waals surface area contributed by atoms with Crippen molar-refractivity contribution in [2.45, 2.75) is 32.8 Å². The van der Waals surface area contributed by atoms with Crippen LogP contribution in [0.4, 0.5) is 0 Å². The summed E-state index contributed by atoms with van der Waals surface area (Å²) >= 11 is 0. The molecule has 130 valence electrons. The van der Waals surface area contributed by atoms with Gasteiger partial charge < -0.3 is 4.74 Å². The maximum Gasteiger partial charge on any atom is 0.128 e. The smallest absolute Gasteiger partial charge is 0.128 e. The molecule has 0 spiro atoms. The normalized spacial score (nSPS) is 12.4. The van der Waals surface area contributed by atoms with Gasteiger partial charge in [-0.1, -0.05) is 86.6 Å². The summed E-state index contributed by atoms with van der Waals surface area (Å²) in [5.74, 6) is 1.56. The number of benzene rings is 4. The van der Waals surface area contributed by atoms with Crippen molar-refractivity contribution in [3.8, 4) is 5.75 Å². The lowest BCUT2D eigenvalue weighted by Gasteiger charge is -2.13. The summed E-state index contributed by atoms with van der Waals surface area (Å²) in [6.45, 7) is 5.09. The molecule has 0 saturated carbocycles. The minimum absolute atomic E-state index is 0.586. The second-order valence-corrected chi connectivity index (χ2v) is 6.98. The van der Waals surface area contributed by atoms with Crippen molar-refractivity contribution in [3.63, 3.8) is 0 Å². The zero-order chi connectivity index (χ0) is 17.9. The van der Waals surface area contributed by atoms with Crippen LogP contribution in [-0.2, 0) is 6.61 Å². The summed E-state index contributed by atoms with van der Waals surface area (Å²) in [6.07, 6.45) is 1.17. The van der Waals surface area contributed by atoms with E-state index in [1.165, 1.54) is 39.1 Å². The van der Waals surface area contributed by atoms with Gasteiger partial charge in [0, 0.05) is 5.39 Å². The summed E-state index contributed by atoms with van der Waals surface area (Å²) in [6, 6.07) is 28.0. The fourth-order valence-corrected chi connectivity index (χ4v) is 3.48. The van der Waals surface area contributed by atoms with Crippen molar-refractivity contribution in [3.05, 3.63) is 90.0 Å². The highest BCUT2D eigenvalue weighted by Gasteiger charge is 2.08. The summed E-state index contributed by atoms with van der Waals surface area (Å²) in [5.41, 5.74) is 2.60. The molecule has 4 aromatic carbocycles. The van der Waals surface area contributed by atoms with Crippen LogP contribution < -0.4 is 4.74 Å². The highest BCUT2D eigenvalue weighted by atomic mass is 16.5. The van der Waals surface area contributed by atoms with Crippen molar-refractivity contribution in [1.82, 2.24) is 0 Å². The zero-order valence-corrected chi connectivity index (χ0v) is 15.4. The molecule has 0 radical (unpaired) electrons. The average Bonchev–Trinajstić information content (AvgIpc) is 2.72. The van der Waals surface area contributed by atoms with Crippen molar-refractivity contribution in [2.24, 2.45) is 0 Å². The van der Waals surface area contributed by atoms with E-state index in [0.29, 0.717) is 12.5 Å². The van der Waals surface area contributed by atoms with Crippen LogP contribution in [0.1, 0.15) is 37.3 Å². The third-order valence-corrected chi connectivity index (χ3v) is 5.29. The topological polar surface area (TPSA) is 9.23 Å². The van der Waals surface area contributed by atoms with Crippen molar-refractivity contribution >= 4 is 21.5 Å². The molecule has 0 saturated heterocycles. The Hall–Kier alpha value is -2.80. The zero-order valence-electron chi connectivity index (χ0n) is 15.4. The van der Waals surface area contributed by atoms with Crippen LogP contribution >= 0.6 is 0 Å². The first-order chi connectivity index (χ1) is 12.8. The van der Waals surface area contributed by atoms with Gasteiger partial charge in [0.2, 0.25) is 0 Å². The molecule has 0 aliphatic rings. The maximum absolute atomic E-state index is 6.24. The van der Waals surface area contributed by atoms with E-state index < -0.39 is 0 Å². The molecule has 4 rings (SSSR count). The molecule has 1 unspecified atom stereocenters. The Bertz CT molecular complexity index is 1030. The Balaban J connectivity index is 1.64. The number of hydrogen-bond donors (Lipinski definition) is 0. The average molecular weight is 340 g/mol. The SMILES string of the molecule is CCC(C)c1ccc(COc2cc3ccccc3c3ccccc23)cc1. The summed E-state index contributed by atoms with van der Waals surface area (Å²) in [7, 11) is 0. The van der Waals surface area contributed by atoms with Gasteiger partial charge in [-0.25, -0.2) is 0 Å². The van der Waals surface area contributed by atoms with Crippen LogP contribution in [-0.4, -0.2) is 0 Å². The molecule has 0 amide bonds. The van der Waals surface area contributed by atoms with Crippen LogP contribution in [0.2, 0.25) is 0 Å². The first-order valence-corrected chi connectivity index (χ1v) is 9.38. The molecule has 1 atom stereocenters. The molecule has 0 aromatic heterocycles. The molecule has 0 aliphatic carbocycles. The number of hydrogen-bond acceptors (Lipinski definition) is 1. The van der Waals surface area contributed by atoms with Gasteiger partial charge in [0.15, 0.2) is 0 Å². The van der Waals surface area contributed by atoms with Gasteiger partial charge in [-0.2, -0.15) is 0 Å². The standard InChI is InChI=1S/C25H24O/c1-3-18(2)20-14-12-19(13-15-20)17-26-25-16-21-8-4-5-9-22(21)23-10-6-7-11-24(23)25/h4-16,18H,3,17H2,1-2H3. The molecule has 26 heavy (non-hydrogen) atoms. The van der Waals surface area contributed by atoms with E-state index in [9.17, 15) is 0 Å². The maximum atomic E-state index is 6.24. The van der Waals surface area contributed by atoms with Crippen molar-refractivity contribution in [1.29, 1.82) is 0 Å². The minimum Gasteiger partial charge on any atom is -0.488 e. The second kappa shape index (κ2) is 7.21. The molecular weight excluding hydrogens is 316 g/mol. The molecule has 0 bridgehead atoms. The van der Waals surface area contributed by atoms with Crippen LogP contribution in [0, 0.1) is 0 Å². The molecular formula is C25H24O. The highest BCUT2D eigenvalue weighted by molar-refractivity contribution is 6.10. The molecule has 0 N–H and O–H groups in total. The minimum atomic E-state index is 0.586. The van der Waals surface area contributed by atoms with Gasteiger partial charge in [-0.05, 0) is 45.7 Å². The lowest BCUT2D eigenvalue weighted by atomic mass is 9.98. The van der Waals surface area contributed by atoms with E-state index in [1.807, 2.05) is 0 Å². The van der Waals surface area contributed by atoms with Crippen LogP contribution in [0.3, 0.4) is 0 Å². The molecule has 0 fully saturated rings. The number of rotatable bonds is 5. The van der Waals surface area contributed by atoms with Crippen molar-refractivity contribution in [2.75, 3.05) is 0 Å². The molecule has 1 heteroatoms. The predicted molar refractivity (Wildman–Crippen MR) is 111 cm³/mol. The Morgan fingerprint density at radius 2 is 1.42 bits per heavy atom. The predicted octanol–water partition coefficient (Wildman–Crippen LogP) is 7.09. The first kappa shape index (κ1) is 16.7. The van der Waals surface area contributed by atoms with Crippen LogP contribution in [0.25, 0.3) is 21.5 Å². The van der Waals surface area contributed by atoms with Crippen molar-refractivity contribution < 1.29 is 4.74 Å². The van der Waals surface area contributed by atoms with Gasteiger partial charge in [-0.3, -0.25) is 0 Å². The van der Waals surface area contributed by atoms with Crippen LogP contribution in [0.5, 0.6) is 5.75 Å². The molecule has 4 aromatic rings. The largest absolute Gasteiger partial charge is 0.488 e. The third kappa shape index (κ3) is 3.17. The summed E-state index contributed by atoms with van der Waals surface area (Å²) in [5, 5.41) is 4.90. The van der Waals surface area contributed by atoms with Gasteiger partial charge in [0.05, 0.1) is 0 Å². The summed E-state index contributed by atoms with van der Waals surface area (Å²) < 4.78 is 6.24. The fraction of sp³-hybridized carbons (Fsp3) is 0.200. The Kier molecular flexibility index (Phi) is 4.62. The lowest BCUT2D eigenvalue weighted by Crippen LogP contribution is -1.98. The third-order valence-electron chi connectivity index (χ3n) is 5.29. The summed E-state index contributed by atoms with van der Waals surface area (Å²) in [4.78, 5) is 0. The molecule has 0 aliphatic heterocycles. The number of fused-ring (bicyclic) bond motifs is 3. The number of ether oxygens (including phenoxy) is 1. The van der Waals surface area contributed by atoms with E-state index in [4.69, 9.17) is 4.74 Å². The second-order valence-electron chi connectivity index (χ2n) is 6.98. The van der Waals surface area contributed by atoms with E-state index >= 15 is 0 Å². The lowest BCUT2D eigenvalue weighted by molar-refractivity contribution is 0.310. The van der Waals surface area contributed by atoms with E-state index in [0.717, 1.165) is 5.75 Å². The fourth-order valence-electron chi connectivity index (χ4n) is 3.48. The Morgan fingerprint density at radius 1 is 0.769 bits per heavy atom. The van der Waals surface area contributed by atoms with Gasteiger partial charge in [-0.15, -0.1) is 0 Å². The quantitative estimate of drug-likeness (QED) is 0.352. The van der Waals surface area contributed by atoms with Gasteiger partial charge in [0.25, 0.3) is 0 Å². The molecule has 1 nitrogen and oxygen atoms in total.